The Labute approximate surface area is 525 Å². The number of fused-ring (bicyclic) bond motifs is 2. The van der Waals surface area contributed by atoms with E-state index in [4.69, 9.17) is 9.88 Å². The first-order valence-corrected chi connectivity index (χ1v) is 36.6. The molecule has 0 bridgehead atoms. The van der Waals surface area contributed by atoms with E-state index in [-0.39, 0.29) is 30.8 Å². The molecule has 2 aliphatic carbocycles. The molecular formula is C64H79F3N5O14S4+. The van der Waals surface area contributed by atoms with Gasteiger partial charge in [0.05, 0.1) is 28.4 Å². The lowest BCUT2D eigenvalue weighted by Gasteiger charge is -2.27. The number of carbonyl (C=O) groups is 2. The standard InChI is InChI=1S/C64H78F3N5O14S4/c1-63(2)47-23-10-12-25-50(47)71(36-14-16-38-88(78,79)80)52(63)33-29-43-19-18-20-44(30-34-53-64(3,4)48-24-11-13-26-51(48)72(53)37-15-17-39-89(81,82)83)59(43)86-46-31-27-42(28-32-46)41-49(62(74)75)70-54(73)35-40-87(76,77)61-56(66)55(65)60(90(68,84)85)57(67)58(61)69-45-21-8-6-5-7-9-22-45/h10-13,23-34,45,49,69H,5-9,14-22,35-41H2,1-4H3,(H5-,68,70,73,74,75,78,79,80,81,82,83,84,85)/p+1/t49-/m0/s1. The number of sulfonamides is 1. The number of hydrogen-bond acceptors (Lipinski definition) is 13. The zero-order valence-corrected chi connectivity index (χ0v) is 54.1. The van der Waals surface area contributed by atoms with Crippen molar-refractivity contribution in [3.8, 4) is 5.75 Å². The van der Waals surface area contributed by atoms with Gasteiger partial charge >= 0.3 is 5.97 Å². The average molecular weight is 1330 g/mol. The van der Waals surface area contributed by atoms with Crippen LogP contribution in [0.4, 0.5) is 30.2 Å². The summed E-state index contributed by atoms with van der Waals surface area (Å²) < 4.78 is 174. The molecule has 0 spiro atoms. The number of amides is 1. The van der Waals surface area contributed by atoms with Gasteiger partial charge in [-0.2, -0.15) is 21.4 Å². The summed E-state index contributed by atoms with van der Waals surface area (Å²) >= 11 is 0. The highest BCUT2D eigenvalue weighted by atomic mass is 32.2. The van der Waals surface area contributed by atoms with Crippen LogP contribution in [-0.2, 0) is 66.9 Å². The molecule has 0 unspecified atom stereocenters. The number of sulfone groups is 1. The molecule has 0 saturated heterocycles. The maximum absolute atomic E-state index is 16.0. The van der Waals surface area contributed by atoms with Gasteiger partial charge < -0.3 is 25.4 Å². The number of benzene rings is 4. The number of para-hydroxylation sites is 2. The van der Waals surface area contributed by atoms with Crippen molar-refractivity contribution < 1.29 is 80.0 Å². The molecule has 26 heteroatoms. The third-order valence-corrected chi connectivity index (χ3v) is 21.4. The summed E-state index contributed by atoms with van der Waals surface area (Å²) in [5, 5.41) is 20.3. The van der Waals surface area contributed by atoms with Crippen molar-refractivity contribution in [1.29, 1.82) is 0 Å². The quantitative estimate of drug-likeness (QED) is 0.0147. The lowest BCUT2D eigenvalue weighted by atomic mass is 9.81. The van der Waals surface area contributed by atoms with E-state index in [1.54, 1.807) is 24.3 Å². The van der Waals surface area contributed by atoms with Gasteiger partial charge in [-0.25, -0.2) is 39.9 Å². The second kappa shape index (κ2) is 28.5. The van der Waals surface area contributed by atoms with Crippen molar-refractivity contribution in [3.63, 3.8) is 0 Å². The smallest absolute Gasteiger partial charge is 0.326 e. The van der Waals surface area contributed by atoms with Gasteiger partial charge in [0.25, 0.3) is 20.2 Å². The molecule has 19 nitrogen and oxygen atoms in total. The maximum atomic E-state index is 16.0. The van der Waals surface area contributed by atoms with Gasteiger partial charge in [0.1, 0.15) is 29.0 Å². The second-order valence-electron chi connectivity index (χ2n) is 24.4. The molecule has 90 heavy (non-hydrogen) atoms. The number of aliphatic carboxylic acids is 1. The van der Waals surface area contributed by atoms with Crippen molar-refractivity contribution >= 4 is 74.7 Å². The summed E-state index contributed by atoms with van der Waals surface area (Å²) in [6.45, 7) is 9.38. The molecule has 488 valence electrons. The molecule has 2 aliphatic heterocycles. The number of ether oxygens (including phenoxy) is 1. The van der Waals surface area contributed by atoms with Crippen LogP contribution in [0.2, 0.25) is 0 Å². The Balaban J connectivity index is 1.08. The van der Waals surface area contributed by atoms with E-state index in [0.29, 0.717) is 81.5 Å². The minimum atomic E-state index is -5.25. The predicted octanol–water partition coefficient (Wildman–Crippen LogP) is 10.6. The summed E-state index contributed by atoms with van der Waals surface area (Å²) in [7, 11) is -18.7. The minimum absolute atomic E-state index is 0.241. The largest absolute Gasteiger partial charge is 0.480 e. The first kappa shape index (κ1) is 69.2. The van der Waals surface area contributed by atoms with Crippen molar-refractivity contribution in [3.05, 3.63) is 154 Å². The van der Waals surface area contributed by atoms with Crippen LogP contribution in [0, 0.1) is 17.5 Å². The number of primary sulfonamides is 1. The molecule has 7 N–H and O–H groups in total. The number of carboxylic acid groups (broad SMARTS) is 1. The van der Waals surface area contributed by atoms with Crippen molar-refractivity contribution in [2.45, 2.75) is 163 Å². The van der Waals surface area contributed by atoms with Crippen molar-refractivity contribution in [2.24, 2.45) is 5.14 Å². The lowest BCUT2D eigenvalue weighted by Crippen LogP contribution is -2.42. The Kier molecular flexibility index (Phi) is 21.9. The Morgan fingerprint density at radius 2 is 1.33 bits per heavy atom. The fourth-order valence-electron chi connectivity index (χ4n) is 12.5. The summed E-state index contributed by atoms with van der Waals surface area (Å²) in [6, 6.07) is 20.1. The van der Waals surface area contributed by atoms with Gasteiger partial charge in [-0.3, -0.25) is 13.9 Å². The van der Waals surface area contributed by atoms with E-state index >= 15 is 13.2 Å². The predicted molar refractivity (Wildman–Crippen MR) is 338 cm³/mol. The normalized spacial score (nSPS) is 18.6. The van der Waals surface area contributed by atoms with Crippen LogP contribution in [-0.4, -0.2) is 112 Å². The lowest BCUT2D eigenvalue weighted by molar-refractivity contribution is -0.438. The number of nitrogens with two attached hydrogens (primary N) is 1. The highest BCUT2D eigenvalue weighted by molar-refractivity contribution is 7.91. The van der Waals surface area contributed by atoms with Gasteiger partial charge in [0, 0.05) is 66.4 Å². The number of nitrogens with zero attached hydrogens (tertiary/aromatic N) is 2. The Morgan fingerprint density at radius 3 is 1.98 bits per heavy atom. The molecule has 4 aromatic rings. The number of anilines is 2. The van der Waals surface area contributed by atoms with E-state index in [0.717, 1.165) is 70.7 Å². The molecule has 8 rings (SSSR count). The molecule has 4 aromatic carbocycles. The summed E-state index contributed by atoms with van der Waals surface area (Å²) in [6.07, 6.45) is 14.7. The number of halogens is 3. The topological polar surface area (TPSA) is 297 Å². The second-order valence-corrected chi connectivity index (χ2v) is 31.1. The van der Waals surface area contributed by atoms with Gasteiger partial charge in [0.15, 0.2) is 37.9 Å². The molecule has 1 atom stereocenters. The van der Waals surface area contributed by atoms with Crippen molar-refractivity contribution in [2.75, 3.05) is 40.6 Å². The number of rotatable bonds is 26. The average Bonchev–Trinajstić information content (AvgIpc) is 1.28. The van der Waals surface area contributed by atoms with Crippen LogP contribution in [0.15, 0.2) is 129 Å². The highest BCUT2D eigenvalue weighted by Gasteiger charge is 2.45. The van der Waals surface area contributed by atoms with Crippen LogP contribution in [0.25, 0.3) is 0 Å². The van der Waals surface area contributed by atoms with Crippen LogP contribution < -0.4 is 25.4 Å². The van der Waals surface area contributed by atoms with Gasteiger partial charge in [-0.1, -0.05) is 101 Å². The summed E-state index contributed by atoms with van der Waals surface area (Å²) in [5.41, 5.74) is 5.94. The molecule has 2 heterocycles. The number of allylic oxidation sites excluding steroid dienone is 7. The third-order valence-electron chi connectivity index (χ3n) is 17.1. The number of nitrogens with one attached hydrogen (secondary N) is 2. The fraction of sp³-hybridized carbons (Fsp3) is 0.453. The number of carboxylic acids is 1. The number of unbranched alkanes of at least 4 members (excludes halogenated alkanes) is 2. The zero-order chi connectivity index (χ0) is 65.6. The van der Waals surface area contributed by atoms with Gasteiger partial charge in [0.2, 0.25) is 21.6 Å². The van der Waals surface area contributed by atoms with Crippen LogP contribution in [0.1, 0.15) is 141 Å². The van der Waals surface area contributed by atoms with E-state index < -0.39 is 120 Å². The molecule has 1 fully saturated rings. The van der Waals surface area contributed by atoms with E-state index in [9.17, 15) is 57.5 Å². The van der Waals surface area contributed by atoms with Crippen LogP contribution >= 0.6 is 0 Å². The van der Waals surface area contributed by atoms with Gasteiger partial charge in [-0.05, 0) is 118 Å². The monoisotopic (exact) mass is 1330 g/mol. The Morgan fingerprint density at radius 1 is 0.722 bits per heavy atom. The molecule has 4 aliphatic rings. The minimum Gasteiger partial charge on any atom is -0.480 e. The Bertz CT molecular complexity index is 4030. The van der Waals surface area contributed by atoms with E-state index in [1.807, 2.05) is 60.7 Å². The van der Waals surface area contributed by atoms with E-state index in [1.165, 1.54) is 0 Å². The zero-order valence-electron chi connectivity index (χ0n) is 50.8. The summed E-state index contributed by atoms with van der Waals surface area (Å²) in [4.78, 5) is 24.9. The van der Waals surface area contributed by atoms with Crippen molar-refractivity contribution in [1.82, 2.24) is 5.32 Å². The highest BCUT2D eigenvalue weighted by Crippen LogP contribution is 2.48. The first-order valence-electron chi connectivity index (χ1n) is 30.1. The van der Waals surface area contributed by atoms with Gasteiger partial charge in [-0.15, -0.1) is 0 Å². The summed E-state index contributed by atoms with van der Waals surface area (Å²) in [5.74, 6) is -10.2. The molecular weight excluding hydrogens is 1250 g/mol. The van der Waals surface area contributed by atoms with Crippen LogP contribution in [0.5, 0.6) is 5.75 Å². The molecule has 0 aromatic heterocycles. The van der Waals surface area contributed by atoms with E-state index in [2.05, 4.69) is 59.9 Å². The fourth-order valence-corrected chi connectivity index (χ4v) is 15.8. The number of carbonyl (C=O) groups excluding carboxylic acids is 1. The molecule has 1 amide bonds. The third kappa shape index (κ3) is 16.7. The molecule has 1 saturated carbocycles. The molecule has 0 radical (unpaired) electrons. The first-order chi connectivity index (χ1) is 42.3. The number of hydrogen-bond donors (Lipinski definition) is 6. The maximum Gasteiger partial charge on any atom is 0.326 e. The Hall–Kier alpha value is -6.68. The SMILES string of the molecule is CC1(C)C(/C=C/C2=C(Oc3ccc(C[C@H](NC(=O)CCS(=O)(=O)c4c(F)c(F)c(S(N)(=O)=O)c(F)c4NC4CCCCCCC4)C(=O)O)cc3)C(=C/C=C3/N(CCCCS(=O)(=O)O)c4ccccc4C3(C)C)/CCC2)=[N+](CCCCS(=O)(=O)O)c2ccccc21. The van der Waals surface area contributed by atoms with Crippen LogP contribution in [0.3, 0.4) is 0 Å².